The van der Waals surface area contributed by atoms with Crippen molar-refractivity contribution in [3.05, 3.63) is 65.2 Å². The van der Waals surface area contributed by atoms with E-state index in [1.54, 1.807) is 0 Å². The molecule has 2 aromatic rings. The fourth-order valence-corrected chi connectivity index (χ4v) is 2.21. The fourth-order valence-electron chi connectivity index (χ4n) is 2.21. The first-order chi connectivity index (χ1) is 10.2. The van der Waals surface area contributed by atoms with Gasteiger partial charge in [0.25, 0.3) is 0 Å². The summed E-state index contributed by atoms with van der Waals surface area (Å²) in [6.07, 6.45) is 0.516. The molecule has 0 unspecified atom stereocenters. The lowest BCUT2D eigenvalue weighted by Crippen LogP contribution is -2.17. The van der Waals surface area contributed by atoms with Crippen LogP contribution < -0.4 is 4.90 Å². The maximum absolute atomic E-state index is 8.82. The van der Waals surface area contributed by atoms with Crippen LogP contribution in [0.15, 0.2) is 48.5 Å². The third-order valence-electron chi connectivity index (χ3n) is 3.33. The van der Waals surface area contributed by atoms with Crippen LogP contribution in [0, 0.1) is 18.8 Å². The number of hydrogen-bond acceptors (Lipinski definition) is 2. The highest BCUT2D eigenvalue weighted by Crippen LogP contribution is 2.18. The normalized spacial score (nSPS) is 9.86. The van der Waals surface area contributed by atoms with Gasteiger partial charge >= 0.3 is 0 Å². The summed E-state index contributed by atoms with van der Waals surface area (Å²) in [6, 6.07) is 16.7. The Morgan fingerprint density at radius 2 is 1.90 bits per heavy atom. The molecule has 108 valence electrons. The second-order valence-electron chi connectivity index (χ2n) is 5.13. The van der Waals surface area contributed by atoms with Gasteiger partial charge in [-0.1, -0.05) is 42.2 Å². The van der Waals surface area contributed by atoms with E-state index >= 15 is 0 Å². The van der Waals surface area contributed by atoms with Crippen molar-refractivity contribution in [1.82, 2.24) is 0 Å². The Balaban J connectivity index is 2.18. The standard InChI is InChI=1S/C19H21NO/c1-16-8-7-12-19(14-16)20(2)15-18-11-4-3-9-17(18)10-5-6-13-21/h3-4,7-9,11-12,14,21H,6,13,15H2,1-2H3. The van der Waals surface area contributed by atoms with Crippen LogP contribution in [0.25, 0.3) is 0 Å². The highest BCUT2D eigenvalue weighted by Gasteiger charge is 2.05. The number of aliphatic hydroxyl groups is 1. The molecule has 0 fully saturated rings. The number of anilines is 1. The maximum atomic E-state index is 8.82. The molecule has 2 aromatic carbocycles. The summed E-state index contributed by atoms with van der Waals surface area (Å²) in [5, 5.41) is 8.82. The minimum Gasteiger partial charge on any atom is -0.395 e. The zero-order valence-corrected chi connectivity index (χ0v) is 12.6. The van der Waals surface area contributed by atoms with Crippen molar-refractivity contribution in [2.75, 3.05) is 18.6 Å². The second-order valence-corrected chi connectivity index (χ2v) is 5.13. The van der Waals surface area contributed by atoms with E-state index in [0.29, 0.717) is 6.42 Å². The summed E-state index contributed by atoms with van der Waals surface area (Å²) in [5.41, 5.74) is 4.70. The fraction of sp³-hybridized carbons (Fsp3) is 0.263. The summed E-state index contributed by atoms with van der Waals surface area (Å²) >= 11 is 0. The van der Waals surface area contributed by atoms with Crippen molar-refractivity contribution in [3.8, 4) is 11.8 Å². The Morgan fingerprint density at radius 1 is 1.10 bits per heavy atom. The molecule has 0 aromatic heterocycles. The van der Waals surface area contributed by atoms with Gasteiger partial charge in [0.05, 0.1) is 6.61 Å². The molecule has 0 spiro atoms. The van der Waals surface area contributed by atoms with Crippen LogP contribution in [0.3, 0.4) is 0 Å². The van der Waals surface area contributed by atoms with Gasteiger partial charge < -0.3 is 10.0 Å². The summed E-state index contributed by atoms with van der Waals surface area (Å²) in [5.74, 6) is 6.14. The minimum absolute atomic E-state index is 0.109. The molecule has 21 heavy (non-hydrogen) atoms. The number of benzene rings is 2. The molecule has 0 bridgehead atoms. The zero-order valence-electron chi connectivity index (χ0n) is 12.6. The van der Waals surface area contributed by atoms with Gasteiger partial charge in [-0.15, -0.1) is 0 Å². The molecule has 2 rings (SSSR count). The van der Waals surface area contributed by atoms with E-state index in [1.807, 2.05) is 18.2 Å². The average molecular weight is 279 g/mol. The lowest BCUT2D eigenvalue weighted by molar-refractivity contribution is 0.305. The Kier molecular flexibility index (Phi) is 5.43. The van der Waals surface area contributed by atoms with Gasteiger partial charge in [0, 0.05) is 31.3 Å². The Hall–Kier alpha value is -2.24. The van der Waals surface area contributed by atoms with E-state index in [2.05, 4.69) is 61.0 Å². The van der Waals surface area contributed by atoms with Gasteiger partial charge in [-0.2, -0.15) is 0 Å². The second kappa shape index (κ2) is 7.52. The third-order valence-corrected chi connectivity index (χ3v) is 3.33. The SMILES string of the molecule is Cc1cccc(N(C)Cc2ccccc2C#CCCO)c1. The van der Waals surface area contributed by atoms with Crippen molar-refractivity contribution in [3.63, 3.8) is 0 Å². The first-order valence-electron chi connectivity index (χ1n) is 7.16. The molecule has 0 saturated heterocycles. The summed E-state index contributed by atoms with van der Waals surface area (Å²) in [7, 11) is 2.09. The topological polar surface area (TPSA) is 23.5 Å². The molecule has 0 aliphatic heterocycles. The number of nitrogens with zero attached hydrogens (tertiary/aromatic N) is 1. The van der Waals surface area contributed by atoms with E-state index in [4.69, 9.17) is 5.11 Å². The number of aliphatic hydroxyl groups excluding tert-OH is 1. The van der Waals surface area contributed by atoms with Crippen LogP contribution in [-0.2, 0) is 6.54 Å². The quantitative estimate of drug-likeness (QED) is 0.867. The molecule has 0 aliphatic carbocycles. The lowest BCUT2D eigenvalue weighted by atomic mass is 10.1. The minimum atomic E-state index is 0.109. The predicted octanol–water partition coefficient (Wildman–Crippen LogP) is 3.37. The van der Waals surface area contributed by atoms with Crippen LogP contribution in [0.1, 0.15) is 23.1 Å². The lowest BCUT2D eigenvalue weighted by Gasteiger charge is -2.20. The molecule has 2 heteroatoms. The van der Waals surface area contributed by atoms with Crippen LogP contribution in [0.2, 0.25) is 0 Å². The highest BCUT2D eigenvalue weighted by atomic mass is 16.2. The molecule has 0 atom stereocenters. The van der Waals surface area contributed by atoms with Crippen molar-refractivity contribution < 1.29 is 5.11 Å². The van der Waals surface area contributed by atoms with Crippen LogP contribution >= 0.6 is 0 Å². The van der Waals surface area contributed by atoms with Gasteiger partial charge in [-0.3, -0.25) is 0 Å². The third kappa shape index (κ3) is 4.37. The maximum Gasteiger partial charge on any atom is 0.0540 e. The Morgan fingerprint density at radius 3 is 2.67 bits per heavy atom. The molecule has 2 nitrogen and oxygen atoms in total. The van der Waals surface area contributed by atoms with Crippen molar-refractivity contribution in [2.24, 2.45) is 0 Å². The van der Waals surface area contributed by atoms with E-state index in [1.165, 1.54) is 16.8 Å². The number of aryl methyl sites for hydroxylation is 1. The van der Waals surface area contributed by atoms with Crippen molar-refractivity contribution >= 4 is 5.69 Å². The average Bonchev–Trinajstić information content (AvgIpc) is 2.49. The molecular formula is C19H21NO. The molecule has 0 radical (unpaired) electrons. The van der Waals surface area contributed by atoms with E-state index < -0.39 is 0 Å². The first kappa shape index (κ1) is 15.2. The monoisotopic (exact) mass is 279 g/mol. The van der Waals surface area contributed by atoms with E-state index in [9.17, 15) is 0 Å². The summed E-state index contributed by atoms with van der Waals surface area (Å²) < 4.78 is 0. The summed E-state index contributed by atoms with van der Waals surface area (Å²) in [4.78, 5) is 2.22. The molecule has 1 N–H and O–H groups in total. The Labute approximate surface area is 127 Å². The van der Waals surface area contributed by atoms with Gasteiger partial charge in [0.1, 0.15) is 0 Å². The molecule has 0 heterocycles. The Bertz CT molecular complexity index is 652. The van der Waals surface area contributed by atoms with Gasteiger partial charge in [-0.05, 0) is 36.2 Å². The smallest absolute Gasteiger partial charge is 0.0540 e. The van der Waals surface area contributed by atoms with Crippen LogP contribution in [0.4, 0.5) is 5.69 Å². The van der Waals surface area contributed by atoms with Crippen LogP contribution in [0.5, 0.6) is 0 Å². The molecular weight excluding hydrogens is 258 g/mol. The molecule has 0 aliphatic rings. The zero-order chi connectivity index (χ0) is 15.1. The largest absolute Gasteiger partial charge is 0.395 e. The van der Waals surface area contributed by atoms with Gasteiger partial charge in [-0.25, -0.2) is 0 Å². The predicted molar refractivity (Wildman–Crippen MR) is 88.3 cm³/mol. The van der Waals surface area contributed by atoms with Crippen LogP contribution in [-0.4, -0.2) is 18.8 Å². The van der Waals surface area contributed by atoms with E-state index in [-0.39, 0.29) is 6.61 Å². The van der Waals surface area contributed by atoms with Crippen molar-refractivity contribution in [1.29, 1.82) is 0 Å². The van der Waals surface area contributed by atoms with E-state index in [0.717, 1.165) is 12.1 Å². The molecule has 0 saturated carbocycles. The summed E-state index contributed by atoms with van der Waals surface area (Å²) in [6.45, 7) is 3.03. The number of hydrogen-bond donors (Lipinski definition) is 1. The first-order valence-corrected chi connectivity index (χ1v) is 7.16. The van der Waals surface area contributed by atoms with Gasteiger partial charge in [0.2, 0.25) is 0 Å². The van der Waals surface area contributed by atoms with Gasteiger partial charge in [0.15, 0.2) is 0 Å². The highest BCUT2D eigenvalue weighted by molar-refractivity contribution is 5.50. The molecule has 0 amide bonds. The van der Waals surface area contributed by atoms with Crippen molar-refractivity contribution in [2.45, 2.75) is 19.9 Å². The number of rotatable bonds is 4.